The summed E-state index contributed by atoms with van der Waals surface area (Å²) in [5.74, 6) is -0.701. The number of carbonyl (C=O) groups excluding carboxylic acids is 1. The van der Waals surface area contributed by atoms with E-state index in [2.05, 4.69) is 15.6 Å². The van der Waals surface area contributed by atoms with Gasteiger partial charge in [0.2, 0.25) is 0 Å². The molecule has 0 unspecified atom stereocenters. The number of aliphatic carboxylic acids is 1. The summed E-state index contributed by atoms with van der Waals surface area (Å²) in [7, 11) is 2.91. The summed E-state index contributed by atoms with van der Waals surface area (Å²) < 4.78 is 25.1. The van der Waals surface area contributed by atoms with Crippen molar-refractivity contribution in [2.24, 2.45) is 0 Å². The number of nitrogens with one attached hydrogen (secondary N) is 2. The molecule has 4 rings (SSSR count). The normalized spacial score (nSPS) is 13.4. The molecule has 3 aromatic rings. The standard InChI is InChI=1S/C27H24FN3O5/c1-15-20(9-16-10-23(35-2)22(13-25(32)33)24(11-16)36-3)19-7-6-17(28)12-21(19)26(15)31-27(34)30-18-5-4-8-29-14-18/h4-12,14H,13H2,1-3H3,(H,32,33)(H2,30,31,34)/b20-9-. The summed E-state index contributed by atoms with van der Waals surface area (Å²) in [5.41, 5.74) is 4.86. The fraction of sp³-hybridized carbons (Fsp3) is 0.148. The third-order valence-electron chi connectivity index (χ3n) is 5.75. The fourth-order valence-corrected chi connectivity index (χ4v) is 4.14. The Morgan fingerprint density at radius 3 is 2.39 bits per heavy atom. The number of carbonyl (C=O) groups is 2. The molecule has 36 heavy (non-hydrogen) atoms. The van der Waals surface area contributed by atoms with E-state index < -0.39 is 17.8 Å². The van der Waals surface area contributed by atoms with Crippen molar-refractivity contribution >= 4 is 35.0 Å². The van der Waals surface area contributed by atoms with E-state index in [1.54, 1.807) is 36.5 Å². The lowest BCUT2D eigenvalue weighted by atomic mass is 9.99. The van der Waals surface area contributed by atoms with Crippen LogP contribution in [-0.4, -0.2) is 36.3 Å². The lowest BCUT2D eigenvalue weighted by Crippen LogP contribution is -2.27. The van der Waals surface area contributed by atoms with Gasteiger partial charge >= 0.3 is 12.0 Å². The smallest absolute Gasteiger partial charge is 0.323 e. The number of anilines is 1. The number of halogens is 1. The molecule has 1 aliphatic carbocycles. The average Bonchev–Trinajstić information content (AvgIpc) is 3.10. The number of amides is 2. The van der Waals surface area contributed by atoms with Gasteiger partial charge in [-0.3, -0.25) is 9.78 Å². The van der Waals surface area contributed by atoms with Gasteiger partial charge in [0.25, 0.3) is 0 Å². The molecule has 1 aromatic heterocycles. The van der Waals surface area contributed by atoms with Crippen molar-refractivity contribution in [3.05, 3.63) is 88.5 Å². The number of ether oxygens (including phenoxy) is 2. The van der Waals surface area contributed by atoms with Crippen LogP contribution in [0.5, 0.6) is 11.5 Å². The highest BCUT2D eigenvalue weighted by molar-refractivity contribution is 6.08. The van der Waals surface area contributed by atoms with E-state index in [1.807, 2.05) is 13.0 Å². The Bertz CT molecular complexity index is 1370. The van der Waals surface area contributed by atoms with Crippen molar-refractivity contribution in [1.29, 1.82) is 0 Å². The van der Waals surface area contributed by atoms with Gasteiger partial charge in [-0.25, -0.2) is 9.18 Å². The van der Waals surface area contributed by atoms with Crippen LogP contribution >= 0.6 is 0 Å². The average molecular weight is 490 g/mol. The number of methoxy groups -OCH3 is 2. The SMILES string of the molecule is COc1cc(/C=C2/C(C)=C(NC(=O)Nc3cccnc3)c3cc(F)ccc32)cc(OC)c1CC(=O)O. The van der Waals surface area contributed by atoms with E-state index in [4.69, 9.17) is 9.47 Å². The predicted molar refractivity (Wildman–Crippen MR) is 134 cm³/mol. The molecule has 1 heterocycles. The van der Waals surface area contributed by atoms with E-state index >= 15 is 0 Å². The third kappa shape index (κ3) is 5.05. The Morgan fingerprint density at radius 2 is 1.78 bits per heavy atom. The monoisotopic (exact) mass is 489 g/mol. The molecule has 0 spiro atoms. The Balaban J connectivity index is 1.75. The van der Waals surface area contributed by atoms with Gasteiger partial charge in [-0.1, -0.05) is 6.07 Å². The second kappa shape index (κ2) is 10.3. The number of nitrogens with zero attached hydrogens (tertiary/aromatic N) is 1. The first-order valence-electron chi connectivity index (χ1n) is 11.0. The molecule has 9 heteroatoms. The number of pyridine rings is 1. The number of benzene rings is 2. The minimum atomic E-state index is -1.01. The first kappa shape index (κ1) is 24.5. The molecule has 2 amide bonds. The maximum atomic E-state index is 14.2. The first-order chi connectivity index (χ1) is 17.3. The molecule has 0 saturated carbocycles. The number of urea groups is 1. The minimum absolute atomic E-state index is 0.260. The largest absolute Gasteiger partial charge is 0.496 e. The Labute approximate surface area is 207 Å². The Morgan fingerprint density at radius 1 is 1.06 bits per heavy atom. The topological polar surface area (TPSA) is 110 Å². The molecule has 0 bridgehead atoms. The Kier molecular flexibility index (Phi) is 7.00. The van der Waals surface area contributed by atoms with Gasteiger partial charge in [0, 0.05) is 17.3 Å². The van der Waals surface area contributed by atoms with E-state index in [1.165, 1.54) is 32.5 Å². The maximum absolute atomic E-state index is 14.2. The number of carboxylic acid groups (broad SMARTS) is 1. The molecule has 184 valence electrons. The summed E-state index contributed by atoms with van der Waals surface area (Å²) in [4.78, 5) is 28.0. The van der Waals surface area contributed by atoms with Crippen molar-refractivity contribution in [2.45, 2.75) is 13.3 Å². The van der Waals surface area contributed by atoms with Crippen LogP contribution in [0.4, 0.5) is 14.9 Å². The van der Waals surface area contributed by atoms with Gasteiger partial charge < -0.3 is 25.2 Å². The number of carboxylic acids is 1. The molecule has 2 aromatic carbocycles. The highest BCUT2D eigenvalue weighted by atomic mass is 19.1. The van der Waals surface area contributed by atoms with Gasteiger partial charge in [0.05, 0.1) is 38.2 Å². The van der Waals surface area contributed by atoms with Crippen LogP contribution in [0, 0.1) is 5.82 Å². The van der Waals surface area contributed by atoms with Gasteiger partial charge in [-0.05, 0) is 71.7 Å². The van der Waals surface area contributed by atoms with Crippen LogP contribution in [0.1, 0.15) is 29.2 Å². The number of hydrogen-bond acceptors (Lipinski definition) is 5. The van der Waals surface area contributed by atoms with Crippen molar-refractivity contribution < 1.29 is 28.6 Å². The van der Waals surface area contributed by atoms with Gasteiger partial charge in [-0.2, -0.15) is 0 Å². The fourth-order valence-electron chi connectivity index (χ4n) is 4.14. The number of rotatable bonds is 7. The van der Waals surface area contributed by atoms with Gasteiger partial charge in [0.15, 0.2) is 0 Å². The second-order valence-corrected chi connectivity index (χ2v) is 8.04. The van der Waals surface area contributed by atoms with Crippen LogP contribution in [0.15, 0.2) is 60.4 Å². The van der Waals surface area contributed by atoms with E-state index in [-0.39, 0.29) is 6.42 Å². The van der Waals surface area contributed by atoms with Crippen LogP contribution in [0.25, 0.3) is 17.3 Å². The van der Waals surface area contributed by atoms with Gasteiger partial charge in [0.1, 0.15) is 17.3 Å². The number of hydrogen-bond donors (Lipinski definition) is 3. The van der Waals surface area contributed by atoms with Crippen molar-refractivity contribution in [3.63, 3.8) is 0 Å². The molecule has 8 nitrogen and oxygen atoms in total. The first-order valence-corrected chi connectivity index (χ1v) is 11.0. The van der Waals surface area contributed by atoms with Crippen molar-refractivity contribution in [3.8, 4) is 11.5 Å². The predicted octanol–water partition coefficient (Wildman–Crippen LogP) is 4.97. The Hall–Kier alpha value is -4.66. The molecular formula is C27H24FN3O5. The summed E-state index contributed by atoms with van der Waals surface area (Å²) in [6.07, 6.45) is 4.71. The molecule has 0 aliphatic heterocycles. The van der Waals surface area contributed by atoms with Gasteiger partial charge in [-0.15, -0.1) is 0 Å². The quantitative estimate of drug-likeness (QED) is 0.432. The van der Waals surface area contributed by atoms with Crippen LogP contribution in [-0.2, 0) is 11.2 Å². The zero-order valence-electron chi connectivity index (χ0n) is 19.9. The zero-order chi connectivity index (χ0) is 25.8. The zero-order valence-corrected chi connectivity index (χ0v) is 19.9. The summed E-state index contributed by atoms with van der Waals surface area (Å²) in [6, 6.07) is 10.7. The lowest BCUT2D eigenvalue weighted by molar-refractivity contribution is -0.136. The molecule has 3 N–H and O–H groups in total. The lowest BCUT2D eigenvalue weighted by Gasteiger charge is -2.14. The molecule has 1 aliphatic rings. The maximum Gasteiger partial charge on any atom is 0.323 e. The number of aromatic nitrogens is 1. The highest BCUT2D eigenvalue weighted by Gasteiger charge is 2.26. The molecular weight excluding hydrogens is 465 g/mol. The molecule has 0 fully saturated rings. The highest BCUT2D eigenvalue weighted by Crippen LogP contribution is 2.42. The third-order valence-corrected chi connectivity index (χ3v) is 5.75. The van der Waals surface area contributed by atoms with Crippen LogP contribution < -0.4 is 20.1 Å². The van der Waals surface area contributed by atoms with E-state index in [9.17, 15) is 19.1 Å². The summed E-state index contributed by atoms with van der Waals surface area (Å²) >= 11 is 0. The molecule has 0 saturated heterocycles. The second-order valence-electron chi connectivity index (χ2n) is 8.04. The van der Waals surface area contributed by atoms with E-state index in [0.29, 0.717) is 39.6 Å². The van der Waals surface area contributed by atoms with Crippen molar-refractivity contribution in [1.82, 2.24) is 10.3 Å². The van der Waals surface area contributed by atoms with Crippen LogP contribution in [0.2, 0.25) is 0 Å². The van der Waals surface area contributed by atoms with E-state index in [0.717, 1.165) is 16.7 Å². The summed E-state index contributed by atoms with van der Waals surface area (Å²) in [6.45, 7) is 1.83. The van der Waals surface area contributed by atoms with Crippen LogP contribution in [0.3, 0.4) is 0 Å². The van der Waals surface area contributed by atoms with Crippen molar-refractivity contribution in [2.75, 3.05) is 19.5 Å². The number of fused-ring (bicyclic) bond motifs is 1. The molecule has 0 atom stereocenters. The summed E-state index contributed by atoms with van der Waals surface area (Å²) in [5, 5.41) is 14.8. The minimum Gasteiger partial charge on any atom is -0.496 e. The molecule has 0 radical (unpaired) electrons. The number of allylic oxidation sites excluding steroid dienone is 2.